The zero-order chi connectivity index (χ0) is 21.2. The molecule has 0 radical (unpaired) electrons. The van der Waals surface area contributed by atoms with Crippen molar-refractivity contribution in [3.8, 4) is 5.75 Å². The number of amides is 2. The van der Waals surface area contributed by atoms with E-state index in [0.29, 0.717) is 23.7 Å². The van der Waals surface area contributed by atoms with Crippen molar-refractivity contribution < 1.29 is 14.3 Å². The average Bonchev–Trinajstić information content (AvgIpc) is 2.72. The Morgan fingerprint density at radius 1 is 1.10 bits per heavy atom. The molecule has 6 heteroatoms. The molecule has 1 atom stereocenters. The normalized spacial score (nSPS) is 11.6. The molecule has 29 heavy (non-hydrogen) atoms. The molecule has 5 nitrogen and oxygen atoms in total. The fourth-order valence-corrected chi connectivity index (χ4v) is 3.15. The molecule has 0 aromatic heterocycles. The summed E-state index contributed by atoms with van der Waals surface area (Å²) in [6.07, 6.45) is 1.33. The molecular weight excluding hydrogens is 388 g/mol. The summed E-state index contributed by atoms with van der Waals surface area (Å²) >= 11 is 6.30. The van der Waals surface area contributed by atoms with Crippen LogP contribution in [-0.2, 0) is 16.1 Å². The second kappa shape index (κ2) is 11.5. The van der Waals surface area contributed by atoms with Crippen LogP contribution in [0.4, 0.5) is 0 Å². The number of carbonyl (C=O) groups excluding carboxylic acids is 2. The van der Waals surface area contributed by atoms with Crippen LogP contribution < -0.4 is 10.1 Å². The lowest BCUT2D eigenvalue weighted by Gasteiger charge is -2.30. The Bertz CT molecular complexity index is 808. The highest BCUT2D eigenvalue weighted by molar-refractivity contribution is 6.31. The molecule has 0 unspecified atom stereocenters. The summed E-state index contributed by atoms with van der Waals surface area (Å²) in [5.74, 6) is 0.194. The van der Waals surface area contributed by atoms with Crippen LogP contribution >= 0.6 is 11.6 Å². The van der Waals surface area contributed by atoms with Crippen molar-refractivity contribution in [1.29, 1.82) is 0 Å². The SMILES string of the molecule is CCCNC(=O)[C@@H](CC)N(Cc1ccccc1Cl)C(=O)COc1ccc(C)cc1. The molecular formula is C23H29ClN2O3. The van der Waals surface area contributed by atoms with Gasteiger partial charge in [0.1, 0.15) is 11.8 Å². The summed E-state index contributed by atoms with van der Waals surface area (Å²) in [5.41, 5.74) is 1.90. The van der Waals surface area contributed by atoms with Gasteiger partial charge in [-0.15, -0.1) is 0 Å². The van der Waals surface area contributed by atoms with Gasteiger partial charge in [-0.25, -0.2) is 0 Å². The molecule has 0 aliphatic carbocycles. The van der Waals surface area contributed by atoms with Gasteiger partial charge < -0.3 is 15.0 Å². The number of carbonyl (C=O) groups is 2. The van der Waals surface area contributed by atoms with Crippen molar-refractivity contribution in [2.75, 3.05) is 13.2 Å². The Hall–Kier alpha value is -2.53. The van der Waals surface area contributed by atoms with Crippen molar-refractivity contribution in [3.63, 3.8) is 0 Å². The van der Waals surface area contributed by atoms with E-state index in [4.69, 9.17) is 16.3 Å². The first-order chi connectivity index (χ1) is 14.0. The van der Waals surface area contributed by atoms with E-state index < -0.39 is 6.04 Å². The Morgan fingerprint density at radius 3 is 2.41 bits per heavy atom. The topological polar surface area (TPSA) is 58.6 Å². The smallest absolute Gasteiger partial charge is 0.261 e. The van der Waals surface area contributed by atoms with E-state index in [1.807, 2.05) is 63.2 Å². The molecule has 2 amide bonds. The maximum Gasteiger partial charge on any atom is 0.261 e. The highest BCUT2D eigenvalue weighted by atomic mass is 35.5. The third kappa shape index (κ3) is 6.79. The first kappa shape index (κ1) is 22.8. The average molecular weight is 417 g/mol. The first-order valence-corrected chi connectivity index (χ1v) is 10.3. The molecule has 2 aromatic carbocycles. The summed E-state index contributed by atoms with van der Waals surface area (Å²) in [5, 5.41) is 3.46. The standard InChI is InChI=1S/C23H29ClN2O3/c1-4-14-25-23(28)21(5-2)26(15-18-8-6-7-9-20(18)24)22(27)16-29-19-12-10-17(3)11-13-19/h6-13,21H,4-5,14-16H2,1-3H3,(H,25,28)/t21-/m1/s1. The summed E-state index contributed by atoms with van der Waals surface area (Å²) in [4.78, 5) is 27.3. The summed E-state index contributed by atoms with van der Waals surface area (Å²) < 4.78 is 5.67. The van der Waals surface area contributed by atoms with Gasteiger partial charge in [0.05, 0.1) is 0 Å². The van der Waals surface area contributed by atoms with Crippen LogP contribution in [-0.4, -0.2) is 35.9 Å². The predicted octanol–water partition coefficient (Wildman–Crippen LogP) is 4.36. The van der Waals surface area contributed by atoms with E-state index in [9.17, 15) is 9.59 Å². The van der Waals surface area contributed by atoms with Gasteiger partial charge in [0.15, 0.2) is 6.61 Å². The number of hydrogen-bond acceptors (Lipinski definition) is 3. The highest BCUT2D eigenvalue weighted by Crippen LogP contribution is 2.20. The fraction of sp³-hybridized carbons (Fsp3) is 0.391. The molecule has 0 saturated carbocycles. The third-order valence-corrected chi connectivity index (χ3v) is 4.99. The first-order valence-electron chi connectivity index (χ1n) is 9.96. The van der Waals surface area contributed by atoms with Crippen molar-refractivity contribution >= 4 is 23.4 Å². The number of nitrogens with zero attached hydrogens (tertiary/aromatic N) is 1. The zero-order valence-corrected chi connectivity index (χ0v) is 18.0. The summed E-state index contributed by atoms with van der Waals surface area (Å²) in [7, 11) is 0. The van der Waals surface area contributed by atoms with Gasteiger partial charge in [0.25, 0.3) is 5.91 Å². The van der Waals surface area contributed by atoms with Crippen LogP contribution in [0.2, 0.25) is 5.02 Å². The summed E-state index contributed by atoms with van der Waals surface area (Å²) in [6, 6.07) is 14.3. The predicted molar refractivity (Wildman–Crippen MR) is 116 cm³/mol. The molecule has 0 aliphatic heterocycles. The Kier molecular flexibility index (Phi) is 9.00. The molecule has 0 spiro atoms. The Balaban J connectivity index is 2.19. The van der Waals surface area contributed by atoms with Crippen molar-refractivity contribution in [2.45, 2.75) is 46.2 Å². The maximum atomic E-state index is 13.1. The highest BCUT2D eigenvalue weighted by Gasteiger charge is 2.29. The van der Waals surface area contributed by atoms with E-state index >= 15 is 0 Å². The van der Waals surface area contributed by atoms with E-state index in [1.54, 1.807) is 11.0 Å². The number of ether oxygens (including phenoxy) is 1. The van der Waals surface area contributed by atoms with Crippen LogP contribution in [0.5, 0.6) is 5.75 Å². The van der Waals surface area contributed by atoms with Crippen LogP contribution in [0, 0.1) is 6.92 Å². The second-order valence-electron chi connectivity index (χ2n) is 6.93. The molecule has 0 aliphatic rings. The number of hydrogen-bond donors (Lipinski definition) is 1. The molecule has 2 aromatic rings. The lowest BCUT2D eigenvalue weighted by Crippen LogP contribution is -2.50. The van der Waals surface area contributed by atoms with Crippen molar-refractivity contribution in [2.24, 2.45) is 0 Å². The largest absolute Gasteiger partial charge is 0.484 e. The zero-order valence-electron chi connectivity index (χ0n) is 17.3. The second-order valence-corrected chi connectivity index (χ2v) is 7.34. The van der Waals surface area contributed by atoms with Gasteiger partial charge in [-0.3, -0.25) is 9.59 Å². The van der Waals surface area contributed by atoms with Crippen molar-refractivity contribution in [1.82, 2.24) is 10.2 Å². The van der Waals surface area contributed by atoms with Gasteiger partial charge in [-0.05, 0) is 43.5 Å². The third-order valence-electron chi connectivity index (χ3n) is 4.62. The van der Waals surface area contributed by atoms with Crippen LogP contribution in [0.15, 0.2) is 48.5 Å². The van der Waals surface area contributed by atoms with Gasteiger partial charge in [-0.1, -0.05) is 61.3 Å². The van der Waals surface area contributed by atoms with Gasteiger partial charge in [0, 0.05) is 18.1 Å². The lowest BCUT2D eigenvalue weighted by molar-refractivity contribution is -0.143. The molecule has 0 saturated heterocycles. The van der Waals surface area contributed by atoms with Crippen molar-refractivity contribution in [3.05, 3.63) is 64.7 Å². The molecule has 0 fully saturated rings. The Labute approximate surface area is 178 Å². The number of aryl methyl sites for hydroxylation is 1. The van der Waals surface area contributed by atoms with E-state index in [0.717, 1.165) is 17.5 Å². The molecule has 0 bridgehead atoms. The number of nitrogens with one attached hydrogen (secondary N) is 1. The minimum atomic E-state index is -0.591. The number of rotatable bonds is 10. The molecule has 1 N–H and O–H groups in total. The quantitative estimate of drug-likeness (QED) is 0.626. The fourth-order valence-electron chi connectivity index (χ4n) is 2.96. The maximum absolute atomic E-state index is 13.1. The monoisotopic (exact) mass is 416 g/mol. The minimum absolute atomic E-state index is 0.148. The van der Waals surface area contributed by atoms with E-state index in [2.05, 4.69) is 5.32 Å². The van der Waals surface area contributed by atoms with Crippen LogP contribution in [0.3, 0.4) is 0 Å². The molecule has 156 valence electrons. The lowest BCUT2D eigenvalue weighted by atomic mass is 10.1. The summed E-state index contributed by atoms with van der Waals surface area (Å²) in [6.45, 7) is 6.54. The molecule has 2 rings (SSSR count). The van der Waals surface area contributed by atoms with Crippen LogP contribution in [0.25, 0.3) is 0 Å². The Morgan fingerprint density at radius 2 is 1.79 bits per heavy atom. The van der Waals surface area contributed by atoms with Gasteiger partial charge >= 0.3 is 0 Å². The van der Waals surface area contributed by atoms with Gasteiger partial charge in [-0.2, -0.15) is 0 Å². The van der Waals surface area contributed by atoms with Crippen LogP contribution in [0.1, 0.15) is 37.8 Å². The van der Waals surface area contributed by atoms with Gasteiger partial charge in [0.2, 0.25) is 5.91 Å². The molecule has 0 heterocycles. The number of halogens is 1. The number of benzene rings is 2. The van der Waals surface area contributed by atoms with E-state index in [-0.39, 0.29) is 25.0 Å². The van der Waals surface area contributed by atoms with E-state index in [1.165, 1.54) is 0 Å². The minimum Gasteiger partial charge on any atom is -0.484 e.